The number of aryl methyl sites for hydroxylation is 1. The number of hydrogen-bond acceptors (Lipinski definition) is 3. The van der Waals surface area contributed by atoms with Gasteiger partial charge < -0.3 is 4.74 Å². The molecule has 0 aromatic heterocycles. The van der Waals surface area contributed by atoms with Gasteiger partial charge in [0.2, 0.25) is 0 Å². The highest BCUT2D eigenvalue weighted by Gasteiger charge is 2.05. The summed E-state index contributed by atoms with van der Waals surface area (Å²) >= 11 is 0. The SMILES string of the molecule is CCC(=O)OCC(=O)CCCc1ccccc1. The minimum Gasteiger partial charge on any atom is -0.458 e. The third kappa shape index (κ3) is 5.85. The fourth-order valence-corrected chi connectivity index (χ4v) is 1.47. The largest absolute Gasteiger partial charge is 0.458 e. The molecule has 1 aromatic carbocycles. The number of rotatable bonds is 7. The monoisotopic (exact) mass is 234 g/mol. The number of carbonyl (C=O) groups is 2. The fraction of sp³-hybridized carbons (Fsp3) is 0.429. The Morgan fingerprint density at radius 3 is 2.53 bits per heavy atom. The molecule has 0 saturated heterocycles. The third-order valence-electron chi connectivity index (χ3n) is 2.45. The van der Waals surface area contributed by atoms with Gasteiger partial charge in [-0.25, -0.2) is 0 Å². The summed E-state index contributed by atoms with van der Waals surface area (Å²) in [5.74, 6) is -0.329. The van der Waals surface area contributed by atoms with E-state index < -0.39 is 0 Å². The molecule has 0 saturated carbocycles. The van der Waals surface area contributed by atoms with E-state index in [1.54, 1.807) is 6.92 Å². The summed E-state index contributed by atoms with van der Waals surface area (Å²) in [6.07, 6.45) is 2.46. The van der Waals surface area contributed by atoms with Gasteiger partial charge in [-0.2, -0.15) is 0 Å². The number of carbonyl (C=O) groups excluding carboxylic acids is 2. The van der Waals surface area contributed by atoms with Crippen molar-refractivity contribution in [1.29, 1.82) is 0 Å². The van der Waals surface area contributed by atoms with Crippen LogP contribution in [0.4, 0.5) is 0 Å². The number of ether oxygens (including phenoxy) is 1. The molecule has 0 bridgehead atoms. The molecule has 0 atom stereocenters. The van der Waals surface area contributed by atoms with Crippen LogP contribution in [0.1, 0.15) is 31.7 Å². The maximum atomic E-state index is 11.4. The topological polar surface area (TPSA) is 43.4 Å². The lowest BCUT2D eigenvalue weighted by atomic mass is 10.1. The van der Waals surface area contributed by atoms with Gasteiger partial charge in [0.25, 0.3) is 0 Å². The molecule has 3 nitrogen and oxygen atoms in total. The zero-order chi connectivity index (χ0) is 12.5. The summed E-state index contributed by atoms with van der Waals surface area (Å²) in [6, 6.07) is 10.0. The minimum absolute atomic E-state index is 0.0114. The number of esters is 1. The van der Waals surface area contributed by atoms with Crippen LogP contribution < -0.4 is 0 Å². The van der Waals surface area contributed by atoms with Crippen LogP contribution in [0.15, 0.2) is 30.3 Å². The molecular formula is C14H18O3. The van der Waals surface area contributed by atoms with Crippen molar-refractivity contribution in [3.8, 4) is 0 Å². The van der Waals surface area contributed by atoms with Crippen LogP contribution in [0.25, 0.3) is 0 Å². The average Bonchev–Trinajstić information content (AvgIpc) is 2.37. The number of hydrogen-bond donors (Lipinski definition) is 0. The van der Waals surface area contributed by atoms with E-state index in [-0.39, 0.29) is 18.4 Å². The van der Waals surface area contributed by atoms with Crippen molar-refractivity contribution in [3.05, 3.63) is 35.9 Å². The van der Waals surface area contributed by atoms with Gasteiger partial charge in [-0.15, -0.1) is 0 Å². The maximum Gasteiger partial charge on any atom is 0.305 e. The first kappa shape index (κ1) is 13.4. The van der Waals surface area contributed by atoms with E-state index >= 15 is 0 Å². The van der Waals surface area contributed by atoms with E-state index in [9.17, 15) is 9.59 Å². The van der Waals surface area contributed by atoms with Crippen LogP contribution in [-0.4, -0.2) is 18.4 Å². The van der Waals surface area contributed by atoms with Gasteiger partial charge in [-0.3, -0.25) is 9.59 Å². The molecule has 0 N–H and O–H groups in total. The molecule has 0 fully saturated rings. The minimum atomic E-state index is -0.318. The van der Waals surface area contributed by atoms with Crippen LogP contribution in [0.5, 0.6) is 0 Å². The molecule has 1 aromatic rings. The first-order valence-corrected chi connectivity index (χ1v) is 5.93. The second-order valence-corrected chi connectivity index (χ2v) is 3.89. The van der Waals surface area contributed by atoms with E-state index in [0.717, 1.165) is 12.8 Å². The lowest BCUT2D eigenvalue weighted by molar-refractivity contribution is -0.147. The van der Waals surface area contributed by atoms with Crippen molar-refractivity contribution in [2.75, 3.05) is 6.61 Å². The Morgan fingerprint density at radius 1 is 1.18 bits per heavy atom. The fourth-order valence-electron chi connectivity index (χ4n) is 1.47. The van der Waals surface area contributed by atoms with Gasteiger partial charge in [-0.1, -0.05) is 37.3 Å². The molecule has 3 heteroatoms. The molecule has 0 aliphatic carbocycles. The summed E-state index contributed by atoms with van der Waals surface area (Å²) in [4.78, 5) is 22.2. The van der Waals surface area contributed by atoms with Crippen molar-refractivity contribution >= 4 is 11.8 Å². The zero-order valence-electron chi connectivity index (χ0n) is 10.1. The summed E-state index contributed by atoms with van der Waals surface area (Å²) in [5, 5.41) is 0. The Hall–Kier alpha value is -1.64. The molecule has 0 aliphatic heterocycles. The number of benzene rings is 1. The van der Waals surface area contributed by atoms with Gasteiger partial charge in [0.1, 0.15) is 6.61 Å². The van der Waals surface area contributed by atoms with Crippen molar-refractivity contribution < 1.29 is 14.3 Å². The van der Waals surface area contributed by atoms with E-state index in [1.165, 1.54) is 5.56 Å². The van der Waals surface area contributed by atoms with Crippen LogP contribution in [0.3, 0.4) is 0 Å². The third-order valence-corrected chi connectivity index (χ3v) is 2.45. The highest BCUT2D eigenvalue weighted by Crippen LogP contribution is 2.05. The molecule has 0 unspecified atom stereocenters. The van der Waals surface area contributed by atoms with Crippen LogP contribution in [-0.2, 0) is 20.7 Å². The second kappa shape index (κ2) is 7.60. The highest BCUT2D eigenvalue weighted by atomic mass is 16.5. The van der Waals surface area contributed by atoms with Crippen molar-refractivity contribution in [1.82, 2.24) is 0 Å². The molecular weight excluding hydrogens is 216 g/mol. The molecule has 0 radical (unpaired) electrons. The molecule has 0 heterocycles. The predicted octanol–water partition coefficient (Wildman–Crippen LogP) is 2.53. The molecule has 0 spiro atoms. The van der Waals surface area contributed by atoms with E-state index in [1.807, 2.05) is 30.3 Å². The summed E-state index contributed by atoms with van der Waals surface area (Å²) in [6.45, 7) is 1.63. The lowest BCUT2D eigenvalue weighted by Crippen LogP contribution is -2.13. The molecule has 1 rings (SSSR count). The van der Waals surface area contributed by atoms with Gasteiger partial charge in [-0.05, 0) is 18.4 Å². The Morgan fingerprint density at radius 2 is 1.88 bits per heavy atom. The predicted molar refractivity (Wildman–Crippen MR) is 65.6 cm³/mol. The molecule has 92 valence electrons. The lowest BCUT2D eigenvalue weighted by Gasteiger charge is -2.03. The molecule has 17 heavy (non-hydrogen) atoms. The molecule has 0 aliphatic rings. The van der Waals surface area contributed by atoms with Gasteiger partial charge >= 0.3 is 5.97 Å². The van der Waals surface area contributed by atoms with E-state index in [4.69, 9.17) is 4.74 Å². The van der Waals surface area contributed by atoms with Crippen molar-refractivity contribution in [2.24, 2.45) is 0 Å². The Labute approximate surface area is 102 Å². The van der Waals surface area contributed by atoms with E-state index in [2.05, 4.69) is 0 Å². The van der Waals surface area contributed by atoms with Crippen molar-refractivity contribution in [2.45, 2.75) is 32.6 Å². The Kier molecular flexibility index (Phi) is 6.00. The van der Waals surface area contributed by atoms with Gasteiger partial charge in [0, 0.05) is 12.8 Å². The van der Waals surface area contributed by atoms with Crippen LogP contribution in [0.2, 0.25) is 0 Å². The van der Waals surface area contributed by atoms with Gasteiger partial charge in [0.15, 0.2) is 5.78 Å². The summed E-state index contributed by atoms with van der Waals surface area (Å²) in [5.41, 5.74) is 1.23. The van der Waals surface area contributed by atoms with Crippen molar-refractivity contribution in [3.63, 3.8) is 0 Å². The standard InChI is InChI=1S/C14H18O3/c1-2-14(16)17-11-13(15)10-6-9-12-7-4-3-5-8-12/h3-5,7-8H,2,6,9-11H2,1H3. The average molecular weight is 234 g/mol. The zero-order valence-corrected chi connectivity index (χ0v) is 10.1. The quantitative estimate of drug-likeness (QED) is 0.681. The van der Waals surface area contributed by atoms with Crippen LogP contribution in [0, 0.1) is 0 Å². The number of Topliss-reactive ketones (excluding diaryl/α,β-unsaturated/α-hetero) is 1. The smallest absolute Gasteiger partial charge is 0.305 e. The first-order valence-electron chi connectivity index (χ1n) is 5.93. The summed E-state index contributed by atoms with van der Waals surface area (Å²) < 4.78 is 4.77. The number of ketones is 1. The second-order valence-electron chi connectivity index (χ2n) is 3.89. The Bertz CT molecular complexity index is 357. The van der Waals surface area contributed by atoms with Gasteiger partial charge in [0.05, 0.1) is 0 Å². The first-order chi connectivity index (χ1) is 8.22. The molecule has 0 amide bonds. The Balaban J connectivity index is 2.14. The van der Waals surface area contributed by atoms with E-state index in [0.29, 0.717) is 12.8 Å². The van der Waals surface area contributed by atoms with Crippen LogP contribution >= 0.6 is 0 Å². The summed E-state index contributed by atoms with van der Waals surface area (Å²) in [7, 11) is 0. The maximum absolute atomic E-state index is 11.4. The highest BCUT2D eigenvalue weighted by molar-refractivity contribution is 5.82. The normalized spacial score (nSPS) is 9.94.